The lowest BCUT2D eigenvalue weighted by atomic mass is 10.1. The molecular weight excluding hydrogens is 348 g/mol. The largest absolute Gasteiger partial charge is 0.497 e. The molecule has 0 fully saturated rings. The van der Waals surface area contributed by atoms with E-state index >= 15 is 0 Å². The molecule has 0 aliphatic carbocycles. The van der Waals surface area contributed by atoms with Gasteiger partial charge in [-0.15, -0.1) is 11.8 Å². The van der Waals surface area contributed by atoms with Crippen LogP contribution < -0.4 is 10.1 Å². The highest BCUT2D eigenvalue weighted by atomic mass is 32.2. The Labute approximate surface area is 157 Å². The van der Waals surface area contributed by atoms with Crippen molar-refractivity contribution in [1.82, 2.24) is 4.90 Å². The summed E-state index contributed by atoms with van der Waals surface area (Å²) in [7, 11) is 1.58. The van der Waals surface area contributed by atoms with Crippen molar-refractivity contribution < 1.29 is 14.3 Å². The summed E-state index contributed by atoms with van der Waals surface area (Å²) in [4.78, 5) is 28.0. The third kappa shape index (κ3) is 4.19. The number of carbonyl (C=O) groups is 2. The monoisotopic (exact) mass is 370 g/mol. The zero-order valence-electron chi connectivity index (χ0n) is 14.9. The third-order valence-electron chi connectivity index (χ3n) is 4.30. The molecule has 1 atom stereocenters. The molecule has 136 valence electrons. The molecule has 1 unspecified atom stereocenters. The fourth-order valence-corrected chi connectivity index (χ4v) is 4.22. The molecule has 1 aliphatic heterocycles. The van der Waals surface area contributed by atoms with E-state index in [1.807, 2.05) is 37.3 Å². The summed E-state index contributed by atoms with van der Waals surface area (Å²) in [5.41, 5.74) is 1.85. The summed E-state index contributed by atoms with van der Waals surface area (Å²) in [6.45, 7) is 2.43. The van der Waals surface area contributed by atoms with Gasteiger partial charge in [0.15, 0.2) is 0 Å². The van der Waals surface area contributed by atoms with Crippen LogP contribution in [0.5, 0.6) is 5.75 Å². The summed E-state index contributed by atoms with van der Waals surface area (Å²) in [5, 5.41) is 2.67. The molecule has 6 heteroatoms. The van der Waals surface area contributed by atoms with Gasteiger partial charge in [0.2, 0.25) is 11.8 Å². The van der Waals surface area contributed by atoms with Gasteiger partial charge < -0.3 is 15.0 Å². The summed E-state index contributed by atoms with van der Waals surface area (Å²) < 4.78 is 5.16. The number of hydrogen-bond donors (Lipinski definition) is 1. The second kappa shape index (κ2) is 8.27. The maximum atomic E-state index is 12.8. The Balaban J connectivity index is 1.60. The van der Waals surface area contributed by atoms with E-state index in [1.165, 1.54) is 5.56 Å². The van der Waals surface area contributed by atoms with Crippen molar-refractivity contribution in [2.75, 3.05) is 25.5 Å². The Bertz CT molecular complexity index is 784. The number of ether oxygens (including phenoxy) is 1. The quantitative estimate of drug-likeness (QED) is 0.848. The van der Waals surface area contributed by atoms with Gasteiger partial charge in [-0.1, -0.05) is 24.3 Å². The molecule has 1 heterocycles. The van der Waals surface area contributed by atoms with Crippen LogP contribution in [0.1, 0.15) is 12.5 Å². The standard InChI is InChI=1S/C20H22N2O3S/c1-3-22(13-19(23)21-15-8-6-9-16(12-15)25-2)20(24)18-11-14-7-4-5-10-17(14)26-18/h4-10,12,18H,3,11,13H2,1-2H3,(H,21,23). The molecule has 2 amide bonds. The average molecular weight is 370 g/mol. The molecule has 5 nitrogen and oxygen atoms in total. The zero-order valence-corrected chi connectivity index (χ0v) is 15.7. The fourth-order valence-electron chi connectivity index (χ4n) is 2.94. The number of nitrogens with zero attached hydrogens (tertiary/aromatic N) is 1. The maximum Gasteiger partial charge on any atom is 0.243 e. The molecule has 0 saturated carbocycles. The number of amides is 2. The smallest absolute Gasteiger partial charge is 0.243 e. The SMILES string of the molecule is CCN(CC(=O)Nc1cccc(OC)c1)C(=O)C1Cc2ccccc2S1. The van der Waals surface area contributed by atoms with Crippen molar-refractivity contribution >= 4 is 29.3 Å². The number of hydrogen-bond acceptors (Lipinski definition) is 4. The van der Waals surface area contributed by atoms with Gasteiger partial charge in [0.25, 0.3) is 0 Å². The second-order valence-electron chi connectivity index (χ2n) is 6.05. The molecule has 0 saturated heterocycles. The first-order chi connectivity index (χ1) is 12.6. The first-order valence-corrected chi connectivity index (χ1v) is 9.46. The Morgan fingerprint density at radius 2 is 2.04 bits per heavy atom. The minimum absolute atomic E-state index is 0.00879. The highest BCUT2D eigenvalue weighted by Crippen LogP contribution is 2.37. The predicted molar refractivity (Wildman–Crippen MR) is 104 cm³/mol. The van der Waals surface area contributed by atoms with Gasteiger partial charge in [-0.05, 0) is 37.1 Å². The number of carbonyl (C=O) groups excluding carboxylic acids is 2. The first kappa shape index (κ1) is 18.3. The molecule has 1 aliphatic rings. The highest BCUT2D eigenvalue weighted by molar-refractivity contribution is 8.01. The van der Waals surface area contributed by atoms with E-state index in [0.29, 0.717) is 24.4 Å². The number of anilines is 1. The van der Waals surface area contributed by atoms with Gasteiger partial charge in [0, 0.05) is 23.2 Å². The summed E-state index contributed by atoms with van der Waals surface area (Å²) >= 11 is 1.58. The number of nitrogens with one attached hydrogen (secondary N) is 1. The minimum Gasteiger partial charge on any atom is -0.497 e. The zero-order chi connectivity index (χ0) is 18.5. The van der Waals surface area contributed by atoms with Crippen LogP contribution in [0.3, 0.4) is 0 Å². The highest BCUT2D eigenvalue weighted by Gasteiger charge is 2.31. The van der Waals surface area contributed by atoms with E-state index in [-0.39, 0.29) is 23.6 Å². The van der Waals surface area contributed by atoms with Gasteiger partial charge in [0.1, 0.15) is 5.75 Å². The van der Waals surface area contributed by atoms with Gasteiger partial charge in [0.05, 0.1) is 18.9 Å². The normalized spacial score (nSPS) is 15.2. The molecule has 26 heavy (non-hydrogen) atoms. The van der Waals surface area contributed by atoms with E-state index in [2.05, 4.69) is 11.4 Å². The summed E-state index contributed by atoms with van der Waals surface area (Å²) in [6, 6.07) is 15.2. The van der Waals surface area contributed by atoms with Crippen LogP contribution in [0.25, 0.3) is 0 Å². The number of rotatable bonds is 6. The van der Waals surface area contributed by atoms with Gasteiger partial charge in [-0.2, -0.15) is 0 Å². The lowest BCUT2D eigenvalue weighted by molar-refractivity contribution is -0.133. The summed E-state index contributed by atoms with van der Waals surface area (Å²) in [5.74, 6) is 0.467. The van der Waals surface area contributed by atoms with Crippen LogP contribution in [0, 0.1) is 0 Å². The first-order valence-electron chi connectivity index (χ1n) is 8.58. The van der Waals surface area contributed by atoms with Crippen LogP contribution >= 0.6 is 11.8 Å². The molecule has 2 aromatic rings. The number of thioether (sulfide) groups is 1. The van der Waals surface area contributed by atoms with E-state index in [0.717, 1.165) is 4.90 Å². The molecule has 0 spiro atoms. The minimum atomic E-state index is -0.214. The van der Waals surface area contributed by atoms with Crippen molar-refractivity contribution in [2.24, 2.45) is 0 Å². The molecule has 0 bridgehead atoms. The summed E-state index contributed by atoms with van der Waals surface area (Å²) in [6.07, 6.45) is 0.716. The number of fused-ring (bicyclic) bond motifs is 1. The molecular formula is C20H22N2O3S. The van der Waals surface area contributed by atoms with Gasteiger partial charge >= 0.3 is 0 Å². The van der Waals surface area contributed by atoms with Gasteiger partial charge in [-0.3, -0.25) is 9.59 Å². The van der Waals surface area contributed by atoms with Crippen LogP contribution in [0.15, 0.2) is 53.4 Å². The van der Waals surface area contributed by atoms with Gasteiger partial charge in [-0.25, -0.2) is 0 Å². The molecule has 1 N–H and O–H groups in total. The van der Waals surface area contributed by atoms with Crippen LogP contribution in [0.4, 0.5) is 5.69 Å². The number of likely N-dealkylation sites (N-methyl/N-ethyl adjacent to an activating group) is 1. The molecule has 0 aromatic heterocycles. The van der Waals surface area contributed by atoms with Crippen molar-refractivity contribution in [1.29, 1.82) is 0 Å². The maximum absolute atomic E-state index is 12.8. The Morgan fingerprint density at radius 3 is 2.77 bits per heavy atom. The van der Waals surface area contributed by atoms with Crippen molar-refractivity contribution in [3.05, 3.63) is 54.1 Å². The van der Waals surface area contributed by atoms with Crippen molar-refractivity contribution in [3.8, 4) is 5.75 Å². The topological polar surface area (TPSA) is 58.6 Å². The number of methoxy groups -OCH3 is 1. The van der Waals surface area contributed by atoms with Crippen molar-refractivity contribution in [2.45, 2.75) is 23.5 Å². The Kier molecular flexibility index (Phi) is 5.83. The van der Waals surface area contributed by atoms with Crippen LogP contribution in [0.2, 0.25) is 0 Å². The Morgan fingerprint density at radius 1 is 1.23 bits per heavy atom. The average Bonchev–Trinajstić information content (AvgIpc) is 3.10. The van der Waals surface area contributed by atoms with E-state index in [4.69, 9.17) is 4.74 Å². The van der Waals surface area contributed by atoms with Crippen molar-refractivity contribution in [3.63, 3.8) is 0 Å². The lowest BCUT2D eigenvalue weighted by Crippen LogP contribution is -2.42. The molecule has 2 aromatic carbocycles. The number of benzene rings is 2. The predicted octanol–water partition coefficient (Wildman–Crippen LogP) is 3.20. The van der Waals surface area contributed by atoms with E-state index in [1.54, 1.807) is 35.9 Å². The molecule has 3 rings (SSSR count). The van der Waals surface area contributed by atoms with Crippen LogP contribution in [-0.4, -0.2) is 42.2 Å². The van der Waals surface area contributed by atoms with E-state index < -0.39 is 0 Å². The lowest BCUT2D eigenvalue weighted by Gasteiger charge is -2.23. The van der Waals surface area contributed by atoms with E-state index in [9.17, 15) is 9.59 Å². The molecule has 0 radical (unpaired) electrons. The fraction of sp³-hybridized carbons (Fsp3) is 0.300. The third-order valence-corrected chi connectivity index (χ3v) is 5.61. The van der Waals surface area contributed by atoms with Crippen LogP contribution in [-0.2, 0) is 16.0 Å². The second-order valence-corrected chi connectivity index (χ2v) is 7.30. The Hall–Kier alpha value is -2.47.